The standard InChI is InChI=1S/C12H20N2O3.BrH/c1-4-16-11(15)8-14-7-5-6-10(12(14)13)17-9(2)3;/h5-7,9,12H,4,8,13H2,1-3H3;1H. The lowest BCUT2D eigenvalue weighted by molar-refractivity contribution is -0.144. The molecule has 0 radical (unpaired) electrons. The van der Waals surface area contributed by atoms with Gasteiger partial charge in [-0.25, -0.2) is 0 Å². The number of allylic oxidation sites excluding steroid dienone is 2. The van der Waals surface area contributed by atoms with Crippen LogP contribution >= 0.6 is 17.0 Å². The molecule has 6 heteroatoms. The second-order valence-corrected chi connectivity index (χ2v) is 4.00. The van der Waals surface area contributed by atoms with Gasteiger partial charge >= 0.3 is 5.97 Å². The molecule has 0 saturated heterocycles. The fourth-order valence-electron chi connectivity index (χ4n) is 1.49. The Morgan fingerprint density at radius 2 is 2.22 bits per heavy atom. The van der Waals surface area contributed by atoms with Gasteiger partial charge in [-0.2, -0.15) is 0 Å². The molecule has 0 aliphatic carbocycles. The predicted octanol–water partition coefficient (Wildman–Crippen LogP) is 1.55. The summed E-state index contributed by atoms with van der Waals surface area (Å²) in [6.45, 7) is 6.14. The minimum Gasteiger partial charge on any atom is -0.492 e. The topological polar surface area (TPSA) is 64.8 Å². The summed E-state index contributed by atoms with van der Waals surface area (Å²) in [5, 5.41) is 0. The van der Waals surface area contributed by atoms with Crippen molar-refractivity contribution >= 4 is 23.0 Å². The van der Waals surface area contributed by atoms with Crippen molar-refractivity contribution in [2.24, 2.45) is 5.73 Å². The summed E-state index contributed by atoms with van der Waals surface area (Å²) in [7, 11) is 0. The van der Waals surface area contributed by atoms with E-state index in [0.29, 0.717) is 12.4 Å². The fourth-order valence-corrected chi connectivity index (χ4v) is 1.49. The number of carbonyl (C=O) groups is 1. The molecule has 1 aliphatic heterocycles. The third-order valence-electron chi connectivity index (χ3n) is 2.18. The second kappa shape index (κ2) is 8.16. The Labute approximate surface area is 118 Å². The van der Waals surface area contributed by atoms with E-state index in [-0.39, 0.29) is 35.6 Å². The molecule has 1 rings (SSSR count). The summed E-state index contributed by atoms with van der Waals surface area (Å²) >= 11 is 0. The molecule has 1 heterocycles. The summed E-state index contributed by atoms with van der Waals surface area (Å²) in [5.74, 6) is 0.366. The van der Waals surface area contributed by atoms with E-state index in [2.05, 4.69) is 0 Å². The largest absolute Gasteiger partial charge is 0.492 e. The number of nitrogens with two attached hydrogens (primary N) is 1. The predicted molar refractivity (Wildman–Crippen MR) is 75.1 cm³/mol. The summed E-state index contributed by atoms with van der Waals surface area (Å²) < 4.78 is 10.4. The first-order valence-electron chi connectivity index (χ1n) is 5.76. The van der Waals surface area contributed by atoms with Crippen molar-refractivity contribution in [2.45, 2.75) is 33.0 Å². The van der Waals surface area contributed by atoms with Gasteiger partial charge in [-0.1, -0.05) is 0 Å². The van der Waals surface area contributed by atoms with Crippen LogP contribution in [0.4, 0.5) is 0 Å². The van der Waals surface area contributed by atoms with Gasteiger partial charge in [-0.3, -0.25) is 4.79 Å². The molecule has 0 aromatic heterocycles. The first-order chi connectivity index (χ1) is 8.04. The lowest BCUT2D eigenvalue weighted by Gasteiger charge is -2.31. The van der Waals surface area contributed by atoms with Crippen LogP contribution < -0.4 is 5.73 Å². The molecule has 0 saturated carbocycles. The maximum atomic E-state index is 11.4. The Morgan fingerprint density at radius 1 is 1.56 bits per heavy atom. The van der Waals surface area contributed by atoms with Crippen LogP contribution in [0.2, 0.25) is 0 Å². The number of halogens is 1. The van der Waals surface area contributed by atoms with E-state index in [0.717, 1.165) is 0 Å². The van der Waals surface area contributed by atoms with Gasteiger partial charge in [0.25, 0.3) is 0 Å². The molecule has 18 heavy (non-hydrogen) atoms. The number of hydrogen-bond acceptors (Lipinski definition) is 5. The van der Waals surface area contributed by atoms with E-state index in [1.165, 1.54) is 0 Å². The van der Waals surface area contributed by atoms with E-state index in [9.17, 15) is 4.79 Å². The second-order valence-electron chi connectivity index (χ2n) is 4.00. The molecule has 0 fully saturated rings. The van der Waals surface area contributed by atoms with Gasteiger partial charge in [0.15, 0.2) is 0 Å². The van der Waals surface area contributed by atoms with Crippen LogP contribution in [0.5, 0.6) is 0 Å². The summed E-state index contributed by atoms with van der Waals surface area (Å²) in [4.78, 5) is 13.1. The van der Waals surface area contributed by atoms with E-state index in [4.69, 9.17) is 15.2 Å². The van der Waals surface area contributed by atoms with E-state index in [1.54, 1.807) is 24.1 Å². The highest BCUT2D eigenvalue weighted by molar-refractivity contribution is 8.93. The molecular formula is C12H21BrN2O3. The lowest BCUT2D eigenvalue weighted by atomic mass is 10.2. The van der Waals surface area contributed by atoms with Gasteiger partial charge in [0, 0.05) is 6.20 Å². The first-order valence-corrected chi connectivity index (χ1v) is 5.76. The summed E-state index contributed by atoms with van der Waals surface area (Å²) in [6.07, 6.45) is 5.00. The third kappa shape index (κ3) is 5.10. The number of esters is 1. The van der Waals surface area contributed by atoms with Gasteiger partial charge in [0.2, 0.25) is 0 Å². The average Bonchev–Trinajstić information content (AvgIpc) is 2.23. The highest BCUT2D eigenvalue weighted by Crippen LogP contribution is 2.15. The van der Waals surface area contributed by atoms with Gasteiger partial charge < -0.3 is 20.1 Å². The van der Waals surface area contributed by atoms with Crippen LogP contribution in [0.25, 0.3) is 0 Å². The minimum absolute atomic E-state index is 0. The molecular weight excluding hydrogens is 300 g/mol. The van der Waals surface area contributed by atoms with Crippen molar-refractivity contribution in [3.63, 3.8) is 0 Å². The van der Waals surface area contributed by atoms with Crippen LogP contribution in [0.3, 0.4) is 0 Å². The zero-order valence-electron chi connectivity index (χ0n) is 11.0. The van der Waals surface area contributed by atoms with Crippen LogP contribution in [-0.2, 0) is 14.3 Å². The Kier molecular flexibility index (Phi) is 7.70. The fraction of sp³-hybridized carbons (Fsp3) is 0.583. The molecule has 104 valence electrons. The third-order valence-corrected chi connectivity index (χ3v) is 2.18. The molecule has 0 aromatic carbocycles. The van der Waals surface area contributed by atoms with Crippen LogP contribution in [-0.4, -0.2) is 36.3 Å². The van der Waals surface area contributed by atoms with Crippen molar-refractivity contribution in [2.75, 3.05) is 13.2 Å². The highest BCUT2D eigenvalue weighted by atomic mass is 79.9. The number of hydrogen-bond donors (Lipinski definition) is 1. The molecule has 5 nitrogen and oxygen atoms in total. The van der Waals surface area contributed by atoms with Gasteiger partial charge in [-0.05, 0) is 32.9 Å². The number of nitrogens with zero attached hydrogens (tertiary/aromatic N) is 1. The van der Waals surface area contributed by atoms with Crippen molar-refractivity contribution in [1.82, 2.24) is 4.90 Å². The zero-order valence-corrected chi connectivity index (χ0v) is 12.7. The van der Waals surface area contributed by atoms with E-state index >= 15 is 0 Å². The van der Waals surface area contributed by atoms with Crippen molar-refractivity contribution < 1.29 is 14.3 Å². The SMILES string of the molecule is Br.CCOC(=O)CN1C=CC=C(OC(C)C)C1N. The maximum Gasteiger partial charge on any atom is 0.325 e. The highest BCUT2D eigenvalue weighted by Gasteiger charge is 2.22. The van der Waals surface area contributed by atoms with Crippen LogP contribution in [0, 0.1) is 0 Å². The Balaban J connectivity index is 0.00000289. The molecule has 0 amide bonds. The Hall–Kier alpha value is -1.01. The smallest absolute Gasteiger partial charge is 0.325 e. The van der Waals surface area contributed by atoms with E-state index in [1.807, 2.05) is 19.9 Å². The van der Waals surface area contributed by atoms with Gasteiger partial charge in [-0.15, -0.1) is 17.0 Å². The molecule has 2 N–H and O–H groups in total. The quantitative estimate of drug-likeness (QED) is 0.779. The number of ether oxygens (including phenoxy) is 2. The van der Waals surface area contributed by atoms with Crippen LogP contribution in [0.1, 0.15) is 20.8 Å². The maximum absolute atomic E-state index is 11.4. The monoisotopic (exact) mass is 320 g/mol. The Morgan fingerprint density at radius 3 is 2.78 bits per heavy atom. The van der Waals surface area contributed by atoms with Gasteiger partial charge in [0.05, 0.1) is 12.7 Å². The summed E-state index contributed by atoms with van der Waals surface area (Å²) in [6, 6.07) is 0. The number of rotatable bonds is 5. The molecule has 1 atom stereocenters. The average molecular weight is 321 g/mol. The van der Waals surface area contributed by atoms with Crippen molar-refractivity contribution in [3.8, 4) is 0 Å². The molecule has 0 spiro atoms. The van der Waals surface area contributed by atoms with Crippen LogP contribution in [0.15, 0.2) is 24.1 Å². The molecule has 1 unspecified atom stereocenters. The lowest BCUT2D eigenvalue weighted by Crippen LogP contribution is -2.45. The Bertz CT molecular complexity index is 329. The normalized spacial score (nSPS) is 18.2. The molecule has 1 aliphatic rings. The minimum atomic E-state index is -0.438. The van der Waals surface area contributed by atoms with Crippen molar-refractivity contribution in [1.29, 1.82) is 0 Å². The molecule has 0 aromatic rings. The van der Waals surface area contributed by atoms with Crippen molar-refractivity contribution in [3.05, 3.63) is 24.1 Å². The first kappa shape index (κ1) is 17.0. The van der Waals surface area contributed by atoms with E-state index < -0.39 is 6.17 Å². The zero-order chi connectivity index (χ0) is 12.8. The van der Waals surface area contributed by atoms with Gasteiger partial charge in [0.1, 0.15) is 18.5 Å². The number of carbonyl (C=O) groups excluding carboxylic acids is 1. The molecule has 0 bridgehead atoms. The summed E-state index contributed by atoms with van der Waals surface area (Å²) in [5.41, 5.74) is 5.99.